The molecule has 0 bridgehead atoms. The van der Waals surface area contributed by atoms with Gasteiger partial charge in [-0.25, -0.2) is 0 Å². The number of para-hydroxylation sites is 1. The highest BCUT2D eigenvalue weighted by atomic mass is 16.3. The molecule has 0 spiro atoms. The Bertz CT molecular complexity index is 1470. The number of hydrogen-bond donors (Lipinski definition) is 0. The Morgan fingerprint density at radius 2 is 1.47 bits per heavy atom. The van der Waals surface area contributed by atoms with Crippen LogP contribution >= 0.6 is 0 Å². The summed E-state index contributed by atoms with van der Waals surface area (Å²) in [7, 11) is 0. The van der Waals surface area contributed by atoms with Crippen LogP contribution in [0.2, 0.25) is 0 Å². The van der Waals surface area contributed by atoms with Gasteiger partial charge < -0.3 is 4.42 Å². The van der Waals surface area contributed by atoms with E-state index in [4.69, 9.17) is 4.42 Å². The Morgan fingerprint density at radius 3 is 2.23 bits per heavy atom. The van der Waals surface area contributed by atoms with Gasteiger partial charge in [0.1, 0.15) is 11.4 Å². The van der Waals surface area contributed by atoms with Crippen LogP contribution in [0, 0.1) is 0 Å². The minimum atomic E-state index is -0.380. The molecule has 5 nitrogen and oxygen atoms in total. The number of nitrogens with zero attached hydrogens (tertiary/aromatic N) is 2. The summed E-state index contributed by atoms with van der Waals surface area (Å²) in [5, 5.41) is 0.368. The highest BCUT2D eigenvalue weighted by Gasteiger charge is 2.18. The molecular weight excluding hydrogens is 376 g/mol. The minimum Gasteiger partial charge on any atom is -0.437 e. The molecule has 0 N–H and O–H groups in total. The normalized spacial score (nSPS) is 11.2. The molecule has 0 aliphatic carbocycles. The van der Waals surface area contributed by atoms with Gasteiger partial charge in [-0.1, -0.05) is 72.8 Å². The van der Waals surface area contributed by atoms with Crippen LogP contribution in [0.3, 0.4) is 0 Å². The third kappa shape index (κ3) is 3.10. The number of aromatic nitrogens is 2. The fraction of sp³-hybridized carbons (Fsp3) is 0.0800. The standard InChI is InChI=1S/C25H18N2O3/c28-22-19-13-7-8-14-20(19)30-24-21(22)25(29)27(16-15-17-9-3-1-4-10-17)23(26-24)18-11-5-2-6-12-18/h1-14H,15-16H2. The van der Waals surface area contributed by atoms with E-state index in [9.17, 15) is 9.59 Å². The highest BCUT2D eigenvalue weighted by molar-refractivity contribution is 5.88. The van der Waals surface area contributed by atoms with Gasteiger partial charge in [-0.2, -0.15) is 4.98 Å². The zero-order valence-electron chi connectivity index (χ0n) is 16.1. The molecule has 0 saturated carbocycles. The van der Waals surface area contributed by atoms with Crippen molar-refractivity contribution in [1.82, 2.24) is 9.55 Å². The Morgan fingerprint density at radius 1 is 0.800 bits per heavy atom. The number of hydrogen-bond acceptors (Lipinski definition) is 4. The lowest BCUT2D eigenvalue weighted by molar-refractivity contribution is 0.623. The van der Waals surface area contributed by atoms with E-state index in [1.54, 1.807) is 28.8 Å². The van der Waals surface area contributed by atoms with E-state index in [2.05, 4.69) is 4.98 Å². The summed E-state index contributed by atoms with van der Waals surface area (Å²) in [6, 6.07) is 26.3. The predicted molar refractivity (Wildman–Crippen MR) is 118 cm³/mol. The molecule has 0 saturated heterocycles. The third-order valence-corrected chi connectivity index (χ3v) is 5.20. The molecule has 2 heterocycles. The van der Waals surface area contributed by atoms with E-state index >= 15 is 0 Å². The minimum absolute atomic E-state index is 0.0126. The van der Waals surface area contributed by atoms with E-state index in [-0.39, 0.29) is 22.1 Å². The van der Waals surface area contributed by atoms with E-state index in [1.165, 1.54) is 0 Å². The second-order valence-electron chi connectivity index (χ2n) is 7.10. The SMILES string of the molecule is O=c1c2ccccc2oc2nc(-c3ccccc3)n(CCc3ccccc3)c(=O)c12. The van der Waals surface area contributed by atoms with E-state index in [0.717, 1.165) is 11.1 Å². The summed E-state index contributed by atoms with van der Waals surface area (Å²) in [5.74, 6) is 0.488. The second kappa shape index (κ2) is 7.44. The first-order valence-electron chi connectivity index (χ1n) is 9.78. The fourth-order valence-electron chi connectivity index (χ4n) is 3.69. The molecule has 2 aromatic heterocycles. The molecule has 3 aromatic carbocycles. The van der Waals surface area contributed by atoms with E-state index < -0.39 is 0 Å². The summed E-state index contributed by atoms with van der Waals surface area (Å²) in [6.45, 7) is 0.405. The first-order chi connectivity index (χ1) is 14.7. The molecule has 0 radical (unpaired) electrons. The van der Waals surface area contributed by atoms with Gasteiger partial charge in [0.2, 0.25) is 11.1 Å². The summed E-state index contributed by atoms with van der Waals surface area (Å²) in [6.07, 6.45) is 0.646. The molecule has 5 heteroatoms. The van der Waals surface area contributed by atoms with E-state index in [0.29, 0.717) is 29.8 Å². The lowest BCUT2D eigenvalue weighted by Crippen LogP contribution is -2.28. The molecular formula is C25H18N2O3. The zero-order chi connectivity index (χ0) is 20.5. The number of rotatable bonds is 4. The average molecular weight is 394 g/mol. The smallest absolute Gasteiger partial charge is 0.269 e. The maximum Gasteiger partial charge on any atom is 0.269 e. The Kier molecular flexibility index (Phi) is 4.48. The van der Waals surface area contributed by atoms with Crippen LogP contribution in [0.5, 0.6) is 0 Å². The van der Waals surface area contributed by atoms with Crippen molar-refractivity contribution in [2.45, 2.75) is 13.0 Å². The van der Waals surface area contributed by atoms with Crippen molar-refractivity contribution in [3.63, 3.8) is 0 Å². The van der Waals surface area contributed by atoms with Gasteiger partial charge in [0, 0.05) is 12.1 Å². The number of benzene rings is 3. The van der Waals surface area contributed by atoms with Gasteiger partial charge in [0.25, 0.3) is 5.56 Å². The summed E-state index contributed by atoms with van der Waals surface area (Å²) < 4.78 is 7.44. The second-order valence-corrected chi connectivity index (χ2v) is 7.10. The molecule has 146 valence electrons. The maximum atomic E-state index is 13.5. The quantitative estimate of drug-likeness (QED) is 0.424. The van der Waals surface area contributed by atoms with Crippen molar-refractivity contribution in [2.75, 3.05) is 0 Å². The van der Waals surface area contributed by atoms with Gasteiger partial charge >= 0.3 is 0 Å². The number of fused-ring (bicyclic) bond motifs is 2. The van der Waals surface area contributed by atoms with Crippen LogP contribution in [-0.2, 0) is 13.0 Å². The molecule has 30 heavy (non-hydrogen) atoms. The van der Waals surface area contributed by atoms with Crippen LogP contribution < -0.4 is 11.0 Å². The maximum absolute atomic E-state index is 13.5. The fourth-order valence-corrected chi connectivity index (χ4v) is 3.69. The average Bonchev–Trinajstić information content (AvgIpc) is 2.79. The molecule has 0 unspecified atom stereocenters. The third-order valence-electron chi connectivity index (χ3n) is 5.20. The monoisotopic (exact) mass is 394 g/mol. The van der Waals surface area contributed by atoms with Crippen LogP contribution in [-0.4, -0.2) is 9.55 Å². The van der Waals surface area contributed by atoms with Gasteiger partial charge in [-0.05, 0) is 24.1 Å². The largest absolute Gasteiger partial charge is 0.437 e. The van der Waals surface area contributed by atoms with Gasteiger partial charge in [-0.3, -0.25) is 14.2 Å². The van der Waals surface area contributed by atoms with Crippen molar-refractivity contribution in [2.24, 2.45) is 0 Å². The molecule has 0 aliphatic heterocycles. The molecule has 0 amide bonds. The Balaban J connectivity index is 1.77. The van der Waals surface area contributed by atoms with Crippen LogP contribution in [0.15, 0.2) is 98.9 Å². The van der Waals surface area contributed by atoms with Crippen molar-refractivity contribution in [3.05, 3.63) is 111 Å². The number of aryl methyl sites for hydroxylation is 1. The first kappa shape index (κ1) is 18.1. The van der Waals surface area contributed by atoms with Crippen molar-refractivity contribution < 1.29 is 4.42 Å². The zero-order valence-corrected chi connectivity index (χ0v) is 16.1. The Hall–Kier alpha value is -3.99. The molecule has 0 fully saturated rings. The van der Waals surface area contributed by atoms with Gasteiger partial charge in [0.15, 0.2) is 5.39 Å². The van der Waals surface area contributed by atoms with Crippen LogP contribution in [0.1, 0.15) is 5.56 Å². The summed E-state index contributed by atoms with van der Waals surface area (Å²) >= 11 is 0. The topological polar surface area (TPSA) is 65.1 Å². The van der Waals surface area contributed by atoms with E-state index in [1.807, 2.05) is 60.7 Å². The predicted octanol–water partition coefficient (Wildman–Crippen LogP) is 4.41. The lowest BCUT2D eigenvalue weighted by Gasteiger charge is -2.13. The molecule has 0 aliphatic rings. The first-order valence-corrected chi connectivity index (χ1v) is 9.78. The highest BCUT2D eigenvalue weighted by Crippen LogP contribution is 2.21. The molecule has 5 aromatic rings. The van der Waals surface area contributed by atoms with Crippen LogP contribution in [0.25, 0.3) is 33.5 Å². The lowest BCUT2D eigenvalue weighted by atomic mass is 10.1. The molecule has 5 rings (SSSR count). The Labute approximate surface area is 171 Å². The molecule has 0 atom stereocenters. The van der Waals surface area contributed by atoms with Gasteiger partial charge in [0.05, 0.1) is 5.39 Å². The van der Waals surface area contributed by atoms with Crippen molar-refractivity contribution in [3.8, 4) is 11.4 Å². The van der Waals surface area contributed by atoms with Gasteiger partial charge in [-0.15, -0.1) is 0 Å². The van der Waals surface area contributed by atoms with Crippen molar-refractivity contribution >= 4 is 22.1 Å². The van der Waals surface area contributed by atoms with Crippen LogP contribution in [0.4, 0.5) is 0 Å². The summed E-state index contributed by atoms with van der Waals surface area (Å²) in [4.78, 5) is 31.2. The van der Waals surface area contributed by atoms with Crippen molar-refractivity contribution in [1.29, 1.82) is 0 Å². The summed E-state index contributed by atoms with van der Waals surface area (Å²) in [5.41, 5.74) is 1.66.